The lowest BCUT2D eigenvalue weighted by molar-refractivity contribution is 0.415. The maximum absolute atomic E-state index is 9.46. The van der Waals surface area contributed by atoms with Gasteiger partial charge in [0.1, 0.15) is 17.3 Å². The molecule has 0 fully saturated rings. The highest BCUT2D eigenvalue weighted by atomic mass is 16.5. The second kappa shape index (κ2) is 6.68. The second-order valence-corrected chi connectivity index (χ2v) is 5.67. The zero-order valence-corrected chi connectivity index (χ0v) is 14.0. The van der Waals surface area contributed by atoms with Crippen LogP contribution in [0.4, 0.5) is 11.5 Å². The van der Waals surface area contributed by atoms with E-state index >= 15 is 0 Å². The molecule has 4 aromatic rings. The van der Waals surface area contributed by atoms with Crippen LogP contribution >= 0.6 is 0 Å². The van der Waals surface area contributed by atoms with Crippen molar-refractivity contribution in [3.63, 3.8) is 0 Å². The summed E-state index contributed by atoms with van der Waals surface area (Å²) in [6, 6.07) is 18.1. The van der Waals surface area contributed by atoms with Gasteiger partial charge in [-0.3, -0.25) is 0 Å². The lowest BCUT2D eigenvalue weighted by Crippen LogP contribution is -2.00. The van der Waals surface area contributed by atoms with Gasteiger partial charge in [0.25, 0.3) is 0 Å². The van der Waals surface area contributed by atoms with Gasteiger partial charge in [-0.15, -0.1) is 0 Å². The molecule has 2 N–H and O–H groups in total. The van der Waals surface area contributed by atoms with E-state index in [2.05, 4.69) is 20.3 Å². The Morgan fingerprint density at radius 1 is 0.962 bits per heavy atom. The Morgan fingerprint density at radius 2 is 1.81 bits per heavy atom. The number of methoxy groups -OCH3 is 1. The number of hydrogen-bond donors (Lipinski definition) is 2. The second-order valence-electron chi connectivity index (χ2n) is 5.67. The third-order valence-corrected chi connectivity index (χ3v) is 3.93. The van der Waals surface area contributed by atoms with Gasteiger partial charge in [-0.25, -0.2) is 15.0 Å². The normalized spacial score (nSPS) is 10.7. The summed E-state index contributed by atoms with van der Waals surface area (Å²) in [5, 5.41) is 13.6. The van der Waals surface area contributed by atoms with Crippen molar-refractivity contribution >= 4 is 22.5 Å². The maximum atomic E-state index is 9.46. The number of ether oxygens (including phenoxy) is 1. The van der Waals surface area contributed by atoms with E-state index in [4.69, 9.17) is 4.74 Å². The number of pyridine rings is 1. The molecule has 0 aliphatic carbocycles. The summed E-state index contributed by atoms with van der Waals surface area (Å²) >= 11 is 0. The SMILES string of the molecule is COc1cccc(-c2nc(Nc3ccc(O)cc3)c3cccnc3n2)c1. The molecule has 26 heavy (non-hydrogen) atoms. The van der Waals surface area contributed by atoms with Crippen LogP contribution in [0.25, 0.3) is 22.4 Å². The first-order valence-corrected chi connectivity index (χ1v) is 8.06. The third kappa shape index (κ3) is 3.12. The number of aromatic nitrogens is 3. The highest BCUT2D eigenvalue weighted by molar-refractivity contribution is 5.90. The zero-order valence-electron chi connectivity index (χ0n) is 14.0. The van der Waals surface area contributed by atoms with Crippen LogP contribution in [-0.2, 0) is 0 Å². The van der Waals surface area contributed by atoms with Crippen LogP contribution in [-0.4, -0.2) is 27.2 Å². The van der Waals surface area contributed by atoms with Crippen molar-refractivity contribution in [3.8, 4) is 22.9 Å². The average Bonchev–Trinajstić information content (AvgIpc) is 2.69. The Morgan fingerprint density at radius 3 is 2.62 bits per heavy atom. The minimum atomic E-state index is 0.210. The van der Waals surface area contributed by atoms with Crippen LogP contribution in [0.5, 0.6) is 11.5 Å². The van der Waals surface area contributed by atoms with Gasteiger partial charge in [-0.2, -0.15) is 0 Å². The molecule has 2 heterocycles. The van der Waals surface area contributed by atoms with Gasteiger partial charge in [-0.05, 0) is 48.5 Å². The molecule has 6 heteroatoms. The standard InChI is InChI=1S/C20H16N4O2/c1-26-16-5-2-4-13(12-16)18-23-19-17(6-3-11-21-19)20(24-18)22-14-7-9-15(25)10-8-14/h2-12,25H,1H3,(H,21,22,23,24). The van der Waals surface area contributed by atoms with Crippen molar-refractivity contribution < 1.29 is 9.84 Å². The fourth-order valence-corrected chi connectivity index (χ4v) is 2.63. The molecule has 128 valence electrons. The van der Waals surface area contributed by atoms with E-state index in [0.717, 1.165) is 22.4 Å². The minimum Gasteiger partial charge on any atom is -0.508 e. The lowest BCUT2D eigenvalue weighted by Gasteiger charge is -2.11. The number of fused-ring (bicyclic) bond motifs is 1. The molecular weight excluding hydrogens is 328 g/mol. The molecule has 0 bridgehead atoms. The fraction of sp³-hybridized carbons (Fsp3) is 0.0500. The first kappa shape index (κ1) is 15.8. The number of aromatic hydroxyl groups is 1. The Hall–Kier alpha value is -3.67. The van der Waals surface area contributed by atoms with E-state index in [0.29, 0.717) is 17.3 Å². The Balaban J connectivity index is 1.83. The van der Waals surface area contributed by atoms with Crippen molar-refractivity contribution in [2.24, 2.45) is 0 Å². The highest BCUT2D eigenvalue weighted by Gasteiger charge is 2.11. The van der Waals surface area contributed by atoms with E-state index in [1.165, 1.54) is 0 Å². The molecule has 6 nitrogen and oxygen atoms in total. The van der Waals surface area contributed by atoms with E-state index in [9.17, 15) is 5.11 Å². The van der Waals surface area contributed by atoms with Crippen LogP contribution in [0.2, 0.25) is 0 Å². The summed E-state index contributed by atoms with van der Waals surface area (Å²) in [4.78, 5) is 13.6. The number of phenols is 1. The Kier molecular flexibility index (Phi) is 4.07. The molecule has 0 atom stereocenters. The van der Waals surface area contributed by atoms with Crippen LogP contribution in [0.15, 0.2) is 66.9 Å². The maximum Gasteiger partial charge on any atom is 0.165 e. The van der Waals surface area contributed by atoms with Crippen molar-refractivity contribution in [1.82, 2.24) is 15.0 Å². The summed E-state index contributed by atoms with van der Waals surface area (Å²) in [5.74, 6) is 2.14. The first-order valence-electron chi connectivity index (χ1n) is 8.06. The van der Waals surface area contributed by atoms with Crippen LogP contribution in [0.3, 0.4) is 0 Å². The van der Waals surface area contributed by atoms with Gasteiger partial charge >= 0.3 is 0 Å². The molecule has 0 aliphatic rings. The van der Waals surface area contributed by atoms with Gasteiger partial charge in [0.2, 0.25) is 0 Å². The molecule has 0 saturated heterocycles. The van der Waals surface area contributed by atoms with Gasteiger partial charge in [0.05, 0.1) is 12.5 Å². The van der Waals surface area contributed by atoms with Crippen molar-refractivity contribution in [2.45, 2.75) is 0 Å². The first-order chi connectivity index (χ1) is 12.7. The molecular formula is C20H16N4O2. The molecule has 0 radical (unpaired) electrons. The van der Waals surface area contributed by atoms with Gasteiger partial charge < -0.3 is 15.2 Å². The van der Waals surface area contributed by atoms with Gasteiger partial charge in [-0.1, -0.05) is 12.1 Å². The number of phenolic OH excluding ortho intramolecular Hbond substituents is 1. The molecule has 4 rings (SSSR count). The summed E-state index contributed by atoms with van der Waals surface area (Å²) in [6.07, 6.45) is 1.70. The van der Waals surface area contributed by atoms with Crippen LogP contribution < -0.4 is 10.1 Å². The van der Waals surface area contributed by atoms with Crippen molar-refractivity contribution in [3.05, 3.63) is 66.9 Å². The third-order valence-electron chi connectivity index (χ3n) is 3.93. The van der Waals surface area contributed by atoms with Crippen LogP contribution in [0, 0.1) is 0 Å². The molecule has 0 unspecified atom stereocenters. The van der Waals surface area contributed by atoms with Gasteiger partial charge in [0.15, 0.2) is 11.5 Å². The Labute approximate surface area is 150 Å². The summed E-state index contributed by atoms with van der Waals surface area (Å²) in [6.45, 7) is 0. The number of nitrogens with zero attached hydrogens (tertiary/aromatic N) is 3. The van der Waals surface area contributed by atoms with Crippen molar-refractivity contribution in [2.75, 3.05) is 12.4 Å². The smallest absolute Gasteiger partial charge is 0.165 e. The minimum absolute atomic E-state index is 0.210. The van der Waals surface area contributed by atoms with E-state index in [-0.39, 0.29) is 5.75 Å². The molecule has 0 saturated carbocycles. The largest absolute Gasteiger partial charge is 0.508 e. The fourth-order valence-electron chi connectivity index (χ4n) is 2.63. The molecule has 2 aromatic carbocycles. The average molecular weight is 344 g/mol. The number of benzene rings is 2. The van der Waals surface area contributed by atoms with Crippen LogP contribution in [0.1, 0.15) is 0 Å². The number of anilines is 2. The lowest BCUT2D eigenvalue weighted by atomic mass is 10.2. The van der Waals surface area contributed by atoms with Crippen molar-refractivity contribution in [1.29, 1.82) is 0 Å². The number of hydrogen-bond acceptors (Lipinski definition) is 6. The monoisotopic (exact) mass is 344 g/mol. The van der Waals surface area contributed by atoms with Gasteiger partial charge in [0, 0.05) is 17.4 Å². The molecule has 2 aromatic heterocycles. The highest BCUT2D eigenvalue weighted by Crippen LogP contribution is 2.28. The molecule has 0 amide bonds. The number of nitrogens with one attached hydrogen (secondary N) is 1. The molecule has 0 spiro atoms. The van der Waals surface area contributed by atoms with E-state index in [1.54, 1.807) is 37.6 Å². The summed E-state index contributed by atoms with van der Waals surface area (Å²) < 4.78 is 5.29. The van der Waals surface area contributed by atoms with E-state index < -0.39 is 0 Å². The van der Waals surface area contributed by atoms with E-state index in [1.807, 2.05) is 36.4 Å². The quantitative estimate of drug-likeness (QED) is 0.541. The predicted molar refractivity (Wildman–Crippen MR) is 101 cm³/mol. The summed E-state index contributed by atoms with van der Waals surface area (Å²) in [5.41, 5.74) is 2.25. The molecule has 0 aliphatic heterocycles. The topological polar surface area (TPSA) is 80.2 Å². The Bertz CT molecular complexity index is 1060. The summed E-state index contributed by atoms with van der Waals surface area (Å²) in [7, 11) is 1.62. The predicted octanol–water partition coefficient (Wildman–Crippen LogP) is 4.15. The zero-order chi connectivity index (χ0) is 17.9. The number of rotatable bonds is 4.